The van der Waals surface area contributed by atoms with E-state index in [0.717, 1.165) is 31.7 Å². The molecular formula is C19H28N4O3. The summed E-state index contributed by atoms with van der Waals surface area (Å²) in [7, 11) is 0. The fraction of sp³-hybridized carbons (Fsp3) is 0.632. The highest BCUT2D eigenvalue weighted by Gasteiger charge is 2.24. The Kier molecular flexibility index (Phi) is 6.30. The van der Waals surface area contributed by atoms with Gasteiger partial charge in [0.1, 0.15) is 5.82 Å². The lowest BCUT2D eigenvalue weighted by atomic mass is 9.96. The summed E-state index contributed by atoms with van der Waals surface area (Å²) in [4.78, 5) is 32.5. The molecule has 7 heteroatoms. The molecule has 3 rings (SSSR count). The van der Waals surface area contributed by atoms with E-state index >= 15 is 0 Å². The minimum atomic E-state index is -0.351. The third kappa shape index (κ3) is 4.65. The normalized spacial score (nSPS) is 18.5. The fourth-order valence-electron chi connectivity index (χ4n) is 3.56. The summed E-state index contributed by atoms with van der Waals surface area (Å²) in [6.45, 7) is 4.97. The maximum absolute atomic E-state index is 12.4. The van der Waals surface area contributed by atoms with Gasteiger partial charge >= 0.3 is 12.0 Å². The van der Waals surface area contributed by atoms with Gasteiger partial charge in [0, 0.05) is 38.4 Å². The monoisotopic (exact) mass is 360 g/mol. The molecule has 1 saturated heterocycles. The summed E-state index contributed by atoms with van der Waals surface area (Å²) in [5.74, 6) is 0.473. The highest BCUT2D eigenvalue weighted by atomic mass is 16.5. The van der Waals surface area contributed by atoms with Crippen LogP contribution in [0.15, 0.2) is 18.3 Å². The van der Waals surface area contributed by atoms with Crippen LogP contribution in [0.3, 0.4) is 0 Å². The summed E-state index contributed by atoms with van der Waals surface area (Å²) >= 11 is 0. The van der Waals surface area contributed by atoms with Gasteiger partial charge < -0.3 is 19.9 Å². The summed E-state index contributed by atoms with van der Waals surface area (Å²) in [5, 5.41) is 3.18. The molecule has 1 aromatic rings. The number of nitrogens with zero attached hydrogens (tertiary/aromatic N) is 3. The molecule has 142 valence electrons. The topological polar surface area (TPSA) is 74.8 Å². The number of esters is 1. The van der Waals surface area contributed by atoms with Crippen LogP contribution in [-0.2, 0) is 4.74 Å². The average molecular weight is 360 g/mol. The van der Waals surface area contributed by atoms with Crippen molar-refractivity contribution in [3.63, 3.8) is 0 Å². The van der Waals surface area contributed by atoms with Gasteiger partial charge in [-0.05, 0) is 31.9 Å². The van der Waals surface area contributed by atoms with Crippen molar-refractivity contribution in [2.45, 2.75) is 45.1 Å². The first-order chi connectivity index (χ1) is 12.7. The number of carbonyl (C=O) groups is 2. The zero-order valence-electron chi connectivity index (χ0n) is 15.4. The number of aromatic nitrogens is 1. The molecule has 2 aliphatic rings. The van der Waals surface area contributed by atoms with Crippen LogP contribution in [0.4, 0.5) is 10.6 Å². The maximum atomic E-state index is 12.4. The number of nitrogens with one attached hydrogen (secondary N) is 1. The highest BCUT2D eigenvalue weighted by Crippen LogP contribution is 2.18. The lowest BCUT2D eigenvalue weighted by molar-refractivity contribution is 0.0526. The first-order valence-electron chi connectivity index (χ1n) is 9.61. The molecule has 0 bridgehead atoms. The first-order valence-corrected chi connectivity index (χ1v) is 9.61. The van der Waals surface area contributed by atoms with Crippen molar-refractivity contribution in [2.24, 2.45) is 0 Å². The molecule has 1 aliphatic heterocycles. The van der Waals surface area contributed by atoms with Crippen LogP contribution in [0, 0.1) is 0 Å². The average Bonchev–Trinajstić information content (AvgIpc) is 2.69. The lowest BCUT2D eigenvalue weighted by Gasteiger charge is -2.36. The second-order valence-corrected chi connectivity index (χ2v) is 6.88. The van der Waals surface area contributed by atoms with Crippen molar-refractivity contribution in [1.29, 1.82) is 0 Å². The molecule has 1 aliphatic carbocycles. The van der Waals surface area contributed by atoms with Gasteiger partial charge in [0.25, 0.3) is 0 Å². The van der Waals surface area contributed by atoms with Crippen molar-refractivity contribution in [3.05, 3.63) is 23.9 Å². The quantitative estimate of drug-likeness (QED) is 0.835. The van der Waals surface area contributed by atoms with Gasteiger partial charge in [0.2, 0.25) is 0 Å². The van der Waals surface area contributed by atoms with Gasteiger partial charge in [-0.3, -0.25) is 0 Å². The minimum Gasteiger partial charge on any atom is -0.462 e. The van der Waals surface area contributed by atoms with Crippen molar-refractivity contribution >= 4 is 17.8 Å². The van der Waals surface area contributed by atoms with E-state index < -0.39 is 0 Å². The number of hydrogen-bond acceptors (Lipinski definition) is 5. The molecule has 1 saturated carbocycles. The van der Waals surface area contributed by atoms with Gasteiger partial charge in [-0.2, -0.15) is 0 Å². The Balaban J connectivity index is 1.48. The number of hydrogen-bond donors (Lipinski definition) is 1. The van der Waals surface area contributed by atoms with Crippen LogP contribution in [0.5, 0.6) is 0 Å². The van der Waals surface area contributed by atoms with Crippen molar-refractivity contribution in [2.75, 3.05) is 37.7 Å². The number of carbonyl (C=O) groups excluding carboxylic acids is 2. The number of urea groups is 1. The smallest absolute Gasteiger partial charge is 0.339 e. The number of ether oxygens (including phenoxy) is 1. The second-order valence-electron chi connectivity index (χ2n) is 6.88. The summed E-state index contributed by atoms with van der Waals surface area (Å²) in [5.41, 5.74) is 0.459. The zero-order chi connectivity index (χ0) is 18.4. The van der Waals surface area contributed by atoms with Crippen LogP contribution in [0.1, 0.15) is 49.4 Å². The Labute approximate surface area is 154 Å². The van der Waals surface area contributed by atoms with Crippen molar-refractivity contribution in [1.82, 2.24) is 15.2 Å². The SMILES string of the molecule is CCOC(=O)c1ccc(N2CCN(C(=O)NC3CCCCC3)CC2)nc1. The Bertz CT molecular complexity index is 606. The number of pyridine rings is 1. The Morgan fingerprint density at radius 1 is 1.15 bits per heavy atom. The van der Waals surface area contributed by atoms with Gasteiger partial charge in [0.05, 0.1) is 12.2 Å². The van der Waals surface area contributed by atoms with Gasteiger partial charge in [0.15, 0.2) is 0 Å². The molecule has 0 spiro atoms. The zero-order valence-corrected chi connectivity index (χ0v) is 15.4. The van der Waals surface area contributed by atoms with Crippen molar-refractivity contribution < 1.29 is 14.3 Å². The predicted molar refractivity (Wildman–Crippen MR) is 99.4 cm³/mol. The largest absolute Gasteiger partial charge is 0.462 e. The van der Waals surface area contributed by atoms with Gasteiger partial charge in [-0.25, -0.2) is 14.6 Å². The molecule has 2 fully saturated rings. The second kappa shape index (κ2) is 8.87. The van der Waals surface area contributed by atoms with Crippen LogP contribution in [0.25, 0.3) is 0 Å². The van der Waals surface area contributed by atoms with Crippen LogP contribution < -0.4 is 10.2 Å². The predicted octanol–water partition coefficient (Wildman–Crippen LogP) is 2.42. The van der Waals surface area contributed by atoms with Gasteiger partial charge in [-0.15, -0.1) is 0 Å². The van der Waals surface area contributed by atoms with E-state index in [-0.39, 0.29) is 12.0 Å². The Morgan fingerprint density at radius 3 is 2.50 bits per heavy atom. The number of piperazine rings is 1. The molecule has 0 atom stereocenters. The molecule has 1 N–H and O–H groups in total. The molecule has 2 heterocycles. The molecule has 2 amide bonds. The molecular weight excluding hydrogens is 332 g/mol. The molecule has 7 nitrogen and oxygen atoms in total. The first kappa shape index (κ1) is 18.5. The van der Waals surface area contributed by atoms with Crippen molar-refractivity contribution in [3.8, 4) is 0 Å². The lowest BCUT2D eigenvalue weighted by Crippen LogP contribution is -2.53. The van der Waals surface area contributed by atoms with Crippen LogP contribution in [0.2, 0.25) is 0 Å². The third-order valence-electron chi connectivity index (χ3n) is 5.08. The van der Waals surface area contributed by atoms with Crippen LogP contribution in [-0.4, -0.2) is 60.7 Å². The van der Waals surface area contributed by atoms with E-state index in [4.69, 9.17) is 4.74 Å². The fourth-order valence-corrected chi connectivity index (χ4v) is 3.56. The Morgan fingerprint density at radius 2 is 1.88 bits per heavy atom. The number of rotatable bonds is 4. The third-order valence-corrected chi connectivity index (χ3v) is 5.08. The van der Waals surface area contributed by atoms with E-state index in [1.54, 1.807) is 19.2 Å². The molecule has 0 radical (unpaired) electrons. The molecule has 1 aromatic heterocycles. The standard InChI is InChI=1S/C19H28N4O3/c1-2-26-18(24)15-8-9-17(20-14-15)22-10-12-23(13-11-22)19(25)21-16-6-4-3-5-7-16/h8-9,14,16H,2-7,10-13H2,1H3,(H,21,25). The molecule has 0 aromatic carbocycles. The summed E-state index contributed by atoms with van der Waals surface area (Å²) in [6, 6.07) is 3.97. The highest BCUT2D eigenvalue weighted by molar-refractivity contribution is 5.89. The molecule has 0 unspecified atom stereocenters. The number of anilines is 1. The van der Waals surface area contributed by atoms with Gasteiger partial charge in [-0.1, -0.05) is 19.3 Å². The van der Waals surface area contributed by atoms with E-state index in [9.17, 15) is 9.59 Å². The summed E-state index contributed by atoms with van der Waals surface area (Å²) < 4.78 is 4.97. The van der Waals surface area contributed by atoms with Crippen LogP contribution >= 0.6 is 0 Å². The molecule has 26 heavy (non-hydrogen) atoms. The van der Waals surface area contributed by atoms with E-state index in [1.807, 2.05) is 11.0 Å². The van der Waals surface area contributed by atoms with E-state index in [0.29, 0.717) is 31.3 Å². The minimum absolute atomic E-state index is 0.0576. The Hall–Kier alpha value is -2.31. The maximum Gasteiger partial charge on any atom is 0.339 e. The summed E-state index contributed by atoms with van der Waals surface area (Å²) in [6.07, 6.45) is 7.46. The van der Waals surface area contributed by atoms with E-state index in [1.165, 1.54) is 19.3 Å². The van der Waals surface area contributed by atoms with E-state index in [2.05, 4.69) is 15.2 Å². The number of amides is 2.